The zero-order valence-corrected chi connectivity index (χ0v) is 17.5. The lowest BCUT2D eigenvalue weighted by Gasteiger charge is -2.46. The SMILES string of the molecule is CN(CC(=O)NC1CC(C)(C)NC(C)(C)C1)S(=O)(=O)c1ccc(Cl)cc1. The van der Waals surface area contributed by atoms with Gasteiger partial charge in [-0.25, -0.2) is 8.42 Å². The number of likely N-dealkylation sites (N-methyl/N-ethyl adjacent to an activating group) is 1. The second-order valence-corrected chi connectivity index (χ2v) is 10.8. The van der Waals surface area contributed by atoms with Gasteiger partial charge >= 0.3 is 0 Å². The summed E-state index contributed by atoms with van der Waals surface area (Å²) >= 11 is 5.80. The number of amides is 1. The molecule has 26 heavy (non-hydrogen) atoms. The Bertz CT molecular complexity index is 744. The Morgan fingerprint density at radius 3 is 2.19 bits per heavy atom. The fourth-order valence-corrected chi connectivity index (χ4v) is 5.02. The molecular weight excluding hydrogens is 374 g/mol. The van der Waals surface area contributed by atoms with Crippen LogP contribution in [-0.2, 0) is 14.8 Å². The molecule has 1 amide bonds. The van der Waals surface area contributed by atoms with Gasteiger partial charge in [0.1, 0.15) is 0 Å². The first kappa shape index (κ1) is 21.2. The van der Waals surface area contributed by atoms with Crippen molar-refractivity contribution in [2.24, 2.45) is 0 Å². The van der Waals surface area contributed by atoms with Crippen LogP contribution in [-0.4, -0.2) is 49.3 Å². The Kier molecular flexibility index (Phi) is 6.07. The van der Waals surface area contributed by atoms with Gasteiger partial charge in [-0.3, -0.25) is 4.79 Å². The van der Waals surface area contributed by atoms with Crippen molar-refractivity contribution in [2.75, 3.05) is 13.6 Å². The van der Waals surface area contributed by atoms with Crippen LogP contribution in [0.4, 0.5) is 0 Å². The maximum atomic E-state index is 12.6. The molecule has 0 spiro atoms. The Morgan fingerprint density at radius 1 is 1.19 bits per heavy atom. The molecule has 1 aromatic rings. The highest BCUT2D eigenvalue weighted by atomic mass is 35.5. The third-order valence-electron chi connectivity index (χ3n) is 4.44. The van der Waals surface area contributed by atoms with E-state index in [-0.39, 0.29) is 34.5 Å². The molecule has 1 fully saturated rings. The number of carbonyl (C=O) groups is 1. The second-order valence-electron chi connectivity index (χ2n) is 8.28. The van der Waals surface area contributed by atoms with Crippen molar-refractivity contribution in [1.82, 2.24) is 14.9 Å². The third kappa shape index (κ3) is 5.42. The number of piperidine rings is 1. The van der Waals surface area contributed by atoms with Crippen LogP contribution in [0, 0.1) is 0 Å². The zero-order chi connectivity index (χ0) is 19.8. The summed E-state index contributed by atoms with van der Waals surface area (Å²) in [6.45, 7) is 8.18. The van der Waals surface area contributed by atoms with Crippen LogP contribution in [0.25, 0.3) is 0 Å². The van der Waals surface area contributed by atoms with Crippen molar-refractivity contribution in [2.45, 2.75) is 62.6 Å². The summed E-state index contributed by atoms with van der Waals surface area (Å²) < 4.78 is 26.2. The third-order valence-corrected chi connectivity index (χ3v) is 6.51. The lowest BCUT2D eigenvalue weighted by Crippen LogP contribution is -2.62. The van der Waals surface area contributed by atoms with E-state index in [4.69, 9.17) is 11.6 Å². The van der Waals surface area contributed by atoms with Crippen molar-refractivity contribution < 1.29 is 13.2 Å². The molecule has 6 nitrogen and oxygen atoms in total. The quantitative estimate of drug-likeness (QED) is 0.794. The lowest BCUT2D eigenvalue weighted by molar-refractivity contribution is -0.122. The number of sulfonamides is 1. The molecule has 1 saturated heterocycles. The topological polar surface area (TPSA) is 78.5 Å². The van der Waals surface area contributed by atoms with Gasteiger partial charge in [0.15, 0.2) is 0 Å². The van der Waals surface area contributed by atoms with Gasteiger partial charge in [0.05, 0.1) is 11.4 Å². The van der Waals surface area contributed by atoms with E-state index < -0.39 is 10.0 Å². The van der Waals surface area contributed by atoms with Crippen LogP contribution in [0.15, 0.2) is 29.2 Å². The van der Waals surface area contributed by atoms with Crippen LogP contribution < -0.4 is 10.6 Å². The number of carbonyl (C=O) groups excluding carboxylic acids is 1. The Morgan fingerprint density at radius 2 is 1.69 bits per heavy atom. The number of hydrogen-bond donors (Lipinski definition) is 2. The highest BCUT2D eigenvalue weighted by molar-refractivity contribution is 7.89. The van der Waals surface area contributed by atoms with Crippen LogP contribution in [0.3, 0.4) is 0 Å². The van der Waals surface area contributed by atoms with Gasteiger partial charge in [-0.05, 0) is 64.8 Å². The Labute approximate surface area is 161 Å². The first-order valence-corrected chi connectivity index (χ1v) is 10.4. The fraction of sp³-hybridized carbons (Fsp3) is 0.611. The molecule has 2 rings (SSSR count). The smallest absolute Gasteiger partial charge is 0.243 e. The monoisotopic (exact) mass is 401 g/mol. The molecule has 0 saturated carbocycles. The molecule has 0 atom stereocenters. The van der Waals surface area contributed by atoms with Crippen LogP contribution in [0.2, 0.25) is 5.02 Å². The first-order valence-electron chi connectivity index (χ1n) is 8.61. The number of nitrogens with zero attached hydrogens (tertiary/aromatic N) is 1. The summed E-state index contributed by atoms with van der Waals surface area (Å²) in [4.78, 5) is 12.5. The van der Waals surface area contributed by atoms with Gasteiger partial charge in [-0.2, -0.15) is 4.31 Å². The van der Waals surface area contributed by atoms with E-state index in [1.807, 2.05) is 0 Å². The second kappa shape index (κ2) is 7.46. The van der Waals surface area contributed by atoms with Gasteiger partial charge in [-0.15, -0.1) is 0 Å². The number of rotatable bonds is 5. The average Bonchev–Trinajstić information content (AvgIpc) is 2.43. The Hall–Kier alpha value is -1.15. The van der Waals surface area contributed by atoms with E-state index in [1.165, 1.54) is 31.3 Å². The number of hydrogen-bond acceptors (Lipinski definition) is 4. The highest BCUT2D eigenvalue weighted by Crippen LogP contribution is 2.28. The van der Waals surface area contributed by atoms with Gasteiger partial charge in [0.25, 0.3) is 0 Å². The summed E-state index contributed by atoms with van der Waals surface area (Å²) in [7, 11) is -2.33. The first-order chi connectivity index (χ1) is 11.8. The number of nitrogens with one attached hydrogen (secondary N) is 2. The Balaban J connectivity index is 2.01. The minimum Gasteiger partial charge on any atom is -0.352 e. The van der Waals surface area contributed by atoms with E-state index in [9.17, 15) is 13.2 Å². The highest BCUT2D eigenvalue weighted by Gasteiger charge is 2.38. The minimum atomic E-state index is -3.74. The molecule has 0 radical (unpaired) electrons. The number of benzene rings is 1. The molecule has 146 valence electrons. The van der Waals surface area contributed by atoms with Crippen LogP contribution in [0.5, 0.6) is 0 Å². The molecule has 0 aromatic heterocycles. The summed E-state index contributed by atoms with van der Waals surface area (Å²) in [6, 6.07) is 5.90. The molecule has 0 unspecified atom stereocenters. The van der Waals surface area contributed by atoms with Crippen molar-refractivity contribution in [1.29, 1.82) is 0 Å². The summed E-state index contributed by atoms with van der Waals surface area (Å²) in [6.07, 6.45) is 1.58. The van der Waals surface area contributed by atoms with Gasteiger partial charge in [-0.1, -0.05) is 11.6 Å². The van der Waals surface area contributed by atoms with Gasteiger partial charge in [0, 0.05) is 29.2 Å². The predicted octanol–water partition coefficient (Wildman–Crippen LogP) is 2.39. The fourth-order valence-electron chi connectivity index (χ4n) is 3.77. The van der Waals surface area contributed by atoms with E-state index in [2.05, 4.69) is 38.3 Å². The summed E-state index contributed by atoms with van der Waals surface area (Å²) in [5.74, 6) is -0.302. The van der Waals surface area contributed by atoms with Crippen molar-refractivity contribution >= 4 is 27.5 Å². The normalized spacial score (nSPS) is 20.1. The summed E-state index contributed by atoms with van der Waals surface area (Å²) in [5.41, 5.74) is -0.192. The molecule has 1 aliphatic rings. The molecule has 0 aliphatic carbocycles. The number of halogens is 1. The zero-order valence-electron chi connectivity index (χ0n) is 16.0. The van der Waals surface area contributed by atoms with Crippen LogP contribution in [0.1, 0.15) is 40.5 Å². The van der Waals surface area contributed by atoms with E-state index >= 15 is 0 Å². The largest absolute Gasteiger partial charge is 0.352 e. The van der Waals surface area contributed by atoms with E-state index in [0.717, 1.165) is 17.1 Å². The summed E-state index contributed by atoms with van der Waals surface area (Å²) in [5, 5.41) is 7.00. The van der Waals surface area contributed by atoms with Crippen LogP contribution >= 0.6 is 11.6 Å². The molecule has 1 aromatic carbocycles. The van der Waals surface area contributed by atoms with Gasteiger partial charge < -0.3 is 10.6 Å². The van der Waals surface area contributed by atoms with Crippen molar-refractivity contribution in [3.63, 3.8) is 0 Å². The maximum Gasteiger partial charge on any atom is 0.243 e. The lowest BCUT2D eigenvalue weighted by atomic mass is 9.79. The predicted molar refractivity (Wildman–Crippen MR) is 104 cm³/mol. The van der Waals surface area contributed by atoms with Crippen molar-refractivity contribution in [3.8, 4) is 0 Å². The van der Waals surface area contributed by atoms with E-state index in [0.29, 0.717) is 5.02 Å². The molecule has 1 aliphatic heterocycles. The van der Waals surface area contributed by atoms with Gasteiger partial charge in [0.2, 0.25) is 15.9 Å². The standard InChI is InChI=1S/C18H28ClN3O3S/c1-17(2)10-14(11-18(3,4)21-17)20-16(23)12-22(5)26(24,25)15-8-6-13(19)7-9-15/h6-9,14,21H,10-12H2,1-5H3,(H,20,23). The molecule has 8 heteroatoms. The minimum absolute atomic E-state index is 0.000357. The average molecular weight is 402 g/mol. The molecule has 0 bridgehead atoms. The molecular formula is C18H28ClN3O3S. The van der Waals surface area contributed by atoms with Crippen molar-refractivity contribution in [3.05, 3.63) is 29.3 Å². The molecule has 2 N–H and O–H groups in total. The molecule has 1 heterocycles. The maximum absolute atomic E-state index is 12.6. The van der Waals surface area contributed by atoms with E-state index in [1.54, 1.807) is 0 Å².